The van der Waals surface area contributed by atoms with Gasteiger partial charge in [0, 0.05) is 17.4 Å². The third kappa shape index (κ3) is 7.09. The van der Waals surface area contributed by atoms with Crippen molar-refractivity contribution < 1.29 is 70.0 Å². The highest BCUT2D eigenvalue weighted by Crippen LogP contribution is 2.75. The molecular formula is C41H70O14. The van der Waals surface area contributed by atoms with Crippen molar-refractivity contribution in [1.82, 2.24) is 0 Å². The molecule has 18 atom stereocenters. The predicted octanol–water partition coefficient (Wildman–Crippen LogP) is 0.735. The zero-order chi connectivity index (χ0) is 40.3. The number of ether oxygens (including phenoxy) is 4. The van der Waals surface area contributed by atoms with E-state index in [4.69, 9.17) is 18.9 Å². The highest BCUT2D eigenvalue weighted by Gasteiger charge is 2.71. The van der Waals surface area contributed by atoms with Crippen molar-refractivity contribution in [2.45, 2.75) is 166 Å². The molecule has 0 aromatic heterocycles. The van der Waals surface area contributed by atoms with Gasteiger partial charge in [-0.2, -0.15) is 0 Å². The number of allylic oxidation sites excluding steroid dienone is 1. The van der Waals surface area contributed by atoms with Crippen LogP contribution in [0.15, 0.2) is 11.6 Å². The summed E-state index contributed by atoms with van der Waals surface area (Å²) in [5.74, 6) is 0.270. The first-order valence-electron chi connectivity index (χ1n) is 20.7. The van der Waals surface area contributed by atoms with Gasteiger partial charge in [-0.25, -0.2) is 0 Å². The van der Waals surface area contributed by atoms with Crippen LogP contribution < -0.4 is 0 Å². The first kappa shape index (κ1) is 43.8. The smallest absolute Gasteiger partial charge is 0.187 e. The summed E-state index contributed by atoms with van der Waals surface area (Å²) in [6.07, 6.45) is -4.74. The number of aliphatic hydroxyl groups excluding tert-OH is 10. The van der Waals surface area contributed by atoms with E-state index in [2.05, 4.69) is 27.7 Å². The summed E-state index contributed by atoms with van der Waals surface area (Å²) < 4.78 is 24.2. The monoisotopic (exact) mass is 786 g/mol. The van der Waals surface area contributed by atoms with E-state index in [1.165, 1.54) is 0 Å². The Bertz CT molecular complexity index is 1350. The molecule has 2 aliphatic heterocycles. The molecule has 4 aliphatic carbocycles. The van der Waals surface area contributed by atoms with Crippen LogP contribution in [0.5, 0.6) is 0 Å². The molecule has 6 aliphatic rings. The van der Waals surface area contributed by atoms with Crippen LogP contribution >= 0.6 is 0 Å². The van der Waals surface area contributed by atoms with Crippen molar-refractivity contribution in [3.8, 4) is 0 Å². The fourth-order valence-corrected chi connectivity index (χ4v) is 13.1. The number of rotatable bonds is 11. The summed E-state index contributed by atoms with van der Waals surface area (Å²) >= 11 is 0. The van der Waals surface area contributed by atoms with Gasteiger partial charge in [0.25, 0.3) is 0 Å². The van der Waals surface area contributed by atoms with Crippen LogP contribution in [-0.4, -0.2) is 152 Å². The van der Waals surface area contributed by atoms with Crippen molar-refractivity contribution in [2.24, 2.45) is 44.8 Å². The maximum Gasteiger partial charge on any atom is 0.187 e. The van der Waals surface area contributed by atoms with Gasteiger partial charge in [0.2, 0.25) is 0 Å². The summed E-state index contributed by atoms with van der Waals surface area (Å²) in [5.41, 5.74) is -1.15. The maximum absolute atomic E-state index is 12.2. The van der Waals surface area contributed by atoms with Crippen molar-refractivity contribution in [2.75, 3.05) is 33.0 Å². The normalized spacial score (nSPS) is 51.5. The Morgan fingerprint density at radius 3 is 2.13 bits per heavy atom. The molecule has 55 heavy (non-hydrogen) atoms. The second-order valence-corrected chi connectivity index (χ2v) is 19.3. The van der Waals surface area contributed by atoms with Crippen LogP contribution in [0.1, 0.15) is 98.8 Å². The molecule has 318 valence electrons. The quantitative estimate of drug-likeness (QED) is 0.103. The lowest BCUT2D eigenvalue weighted by Crippen LogP contribution is -2.70. The minimum Gasteiger partial charge on any atom is -0.396 e. The molecule has 0 spiro atoms. The molecule has 0 amide bonds. The maximum atomic E-state index is 12.2. The Morgan fingerprint density at radius 1 is 0.745 bits per heavy atom. The van der Waals surface area contributed by atoms with Gasteiger partial charge < -0.3 is 70.0 Å². The fourth-order valence-electron chi connectivity index (χ4n) is 13.1. The van der Waals surface area contributed by atoms with Gasteiger partial charge in [0.15, 0.2) is 12.6 Å². The van der Waals surface area contributed by atoms with E-state index in [1.54, 1.807) is 0 Å². The van der Waals surface area contributed by atoms with Crippen LogP contribution in [0.2, 0.25) is 0 Å². The molecule has 2 saturated heterocycles. The van der Waals surface area contributed by atoms with Gasteiger partial charge in [0.05, 0.1) is 38.6 Å². The lowest BCUT2D eigenvalue weighted by Gasteiger charge is -2.73. The van der Waals surface area contributed by atoms with E-state index < -0.39 is 90.4 Å². The molecule has 0 radical (unpaired) electrons. The van der Waals surface area contributed by atoms with Crippen molar-refractivity contribution >= 4 is 0 Å². The van der Waals surface area contributed by atoms with Crippen molar-refractivity contribution in [3.05, 3.63) is 11.6 Å². The van der Waals surface area contributed by atoms with E-state index in [1.807, 2.05) is 13.0 Å². The van der Waals surface area contributed by atoms with Gasteiger partial charge in [0.1, 0.15) is 42.7 Å². The molecule has 10 N–H and O–H groups in total. The van der Waals surface area contributed by atoms with E-state index in [-0.39, 0.29) is 55.0 Å². The first-order chi connectivity index (χ1) is 25.9. The second-order valence-electron chi connectivity index (χ2n) is 19.3. The van der Waals surface area contributed by atoms with Crippen LogP contribution in [0.4, 0.5) is 0 Å². The van der Waals surface area contributed by atoms with Crippen LogP contribution in [0.3, 0.4) is 0 Å². The molecule has 14 nitrogen and oxygen atoms in total. The van der Waals surface area contributed by atoms with Gasteiger partial charge >= 0.3 is 0 Å². The number of aliphatic hydroxyl groups is 10. The second kappa shape index (κ2) is 16.3. The molecule has 4 saturated carbocycles. The molecule has 14 heteroatoms. The van der Waals surface area contributed by atoms with Crippen LogP contribution in [0.25, 0.3) is 0 Å². The number of hydrogen-bond donors (Lipinski definition) is 10. The lowest BCUT2D eigenvalue weighted by molar-refractivity contribution is -0.371. The summed E-state index contributed by atoms with van der Waals surface area (Å²) in [5, 5.41) is 107. The number of hydrogen-bond acceptors (Lipinski definition) is 14. The average molecular weight is 787 g/mol. The zero-order valence-corrected chi connectivity index (χ0v) is 33.4. The molecule has 6 rings (SSSR count). The van der Waals surface area contributed by atoms with Gasteiger partial charge in [-0.05, 0) is 105 Å². The Kier molecular flexibility index (Phi) is 13.0. The average Bonchev–Trinajstić information content (AvgIpc) is 3.16. The molecule has 2 heterocycles. The molecular weight excluding hydrogens is 716 g/mol. The molecule has 0 unspecified atom stereocenters. The van der Waals surface area contributed by atoms with Crippen molar-refractivity contribution in [1.29, 1.82) is 0 Å². The predicted molar refractivity (Wildman–Crippen MR) is 198 cm³/mol. The van der Waals surface area contributed by atoms with Gasteiger partial charge in [-0.1, -0.05) is 39.3 Å². The van der Waals surface area contributed by atoms with Crippen LogP contribution in [0, 0.1) is 44.8 Å². The fraction of sp³-hybridized carbons (Fsp3) is 0.951. The Balaban J connectivity index is 1.22. The number of fused-ring (bicyclic) bond motifs is 5. The topological polar surface area (TPSA) is 239 Å². The first-order valence-corrected chi connectivity index (χ1v) is 20.7. The Labute approximate surface area is 325 Å². The zero-order valence-electron chi connectivity index (χ0n) is 33.4. The van der Waals surface area contributed by atoms with E-state index >= 15 is 0 Å². The standard InChI is InChI=1S/C41H70O14/c1-22(17-42)7-6-12-40(20-44)15-16-41(21-45)23(34(40)51)8-9-27-38(4)13-11-28(37(2,3)26(38)10-14-39(27,41)5)54-36-33(31(49)30(48)25(18-43)53-36)55-35-32(50)29(47)24(46)19-52-35/h7,23-36,42-51H,6,8-21H2,1-5H3/b22-7-/t23-,24+,25-,26+,27-,28+,29+,30+,31+,32-,33-,34-,35+,36+,38+,39-,40-,41+/m1/s1. The summed E-state index contributed by atoms with van der Waals surface area (Å²) in [7, 11) is 0. The molecule has 6 fully saturated rings. The summed E-state index contributed by atoms with van der Waals surface area (Å²) in [6.45, 7) is 9.86. The SMILES string of the molecule is C/C(=C/CC[C@]1(CO)CC[C@]2(CO)[C@H](CC[C@@H]3[C@@]4(C)CC[C@H](O[C@@H]5O[C@H](CO)[C@H](O)[C@H](O)[C@H]5O[C@@H]5OC[C@H](O)[C@H](O)[C@H]5O)C(C)(C)[C@@H]4CC[C@]32C)[C@H]1O)CO. The molecule has 0 aromatic rings. The lowest BCUT2D eigenvalue weighted by atomic mass is 9.32. The van der Waals surface area contributed by atoms with Gasteiger partial charge in [-0.3, -0.25) is 0 Å². The molecule has 0 bridgehead atoms. The summed E-state index contributed by atoms with van der Waals surface area (Å²) in [4.78, 5) is 0. The minimum atomic E-state index is -1.64. The van der Waals surface area contributed by atoms with Crippen LogP contribution in [-0.2, 0) is 18.9 Å². The van der Waals surface area contributed by atoms with E-state index in [9.17, 15) is 51.1 Å². The highest BCUT2D eigenvalue weighted by molar-refractivity contribution is 5.19. The third-order valence-electron chi connectivity index (χ3n) is 16.5. The highest BCUT2D eigenvalue weighted by atomic mass is 16.8. The van der Waals surface area contributed by atoms with Gasteiger partial charge in [-0.15, -0.1) is 0 Å². The summed E-state index contributed by atoms with van der Waals surface area (Å²) in [6, 6.07) is 0. The van der Waals surface area contributed by atoms with E-state index in [0.29, 0.717) is 32.1 Å². The third-order valence-corrected chi connectivity index (χ3v) is 16.5. The Morgan fingerprint density at radius 2 is 1.47 bits per heavy atom. The minimum absolute atomic E-state index is 0.0199. The Hall–Kier alpha value is -0.820. The van der Waals surface area contributed by atoms with E-state index in [0.717, 1.165) is 37.7 Å². The molecule has 0 aromatic carbocycles. The largest absolute Gasteiger partial charge is 0.396 e. The van der Waals surface area contributed by atoms with Crippen molar-refractivity contribution in [3.63, 3.8) is 0 Å².